The highest BCUT2D eigenvalue weighted by atomic mass is 35.5. The van der Waals surface area contributed by atoms with Crippen molar-refractivity contribution in [2.45, 2.75) is 6.54 Å². The number of benzene rings is 2. The third-order valence-corrected chi connectivity index (χ3v) is 4.18. The molecule has 1 amide bonds. The summed E-state index contributed by atoms with van der Waals surface area (Å²) in [4.78, 5) is 21.1. The lowest BCUT2D eigenvalue weighted by Gasteiger charge is -2.24. The lowest BCUT2D eigenvalue weighted by Crippen LogP contribution is -2.30. The number of amides is 1. The van der Waals surface area contributed by atoms with E-state index in [0.717, 1.165) is 11.3 Å². The Hall–Kier alpha value is -2.85. The van der Waals surface area contributed by atoms with Crippen LogP contribution >= 0.6 is 11.6 Å². The summed E-state index contributed by atoms with van der Waals surface area (Å²) >= 11 is 6.14. The van der Waals surface area contributed by atoms with Gasteiger partial charge in [0.2, 0.25) is 0 Å². The highest BCUT2D eigenvalue weighted by Gasteiger charge is 2.20. The van der Waals surface area contributed by atoms with Crippen LogP contribution in [0.1, 0.15) is 15.9 Å². The third kappa shape index (κ3) is 4.21. The fourth-order valence-corrected chi connectivity index (χ4v) is 2.85. The maximum Gasteiger partial charge on any atom is 0.258 e. The predicted molar refractivity (Wildman–Crippen MR) is 107 cm³/mol. The van der Waals surface area contributed by atoms with E-state index in [0.29, 0.717) is 23.1 Å². The molecule has 0 atom stereocenters. The molecule has 0 aliphatic heterocycles. The molecule has 3 rings (SSSR count). The minimum Gasteiger partial charge on any atom is -0.363 e. The van der Waals surface area contributed by atoms with Gasteiger partial charge in [0.15, 0.2) is 0 Å². The molecule has 1 heterocycles. The Morgan fingerprint density at radius 2 is 1.58 bits per heavy atom. The molecular weight excluding hydrogens is 346 g/mol. The van der Waals surface area contributed by atoms with Gasteiger partial charge in [0.05, 0.1) is 6.54 Å². The largest absolute Gasteiger partial charge is 0.363 e. The molecule has 0 saturated carbocycles. The lowest BCUT2D eigenvalue weighted by atomic mass is 10.1. The van der Waals surface area contributed by atoms with E-state index in [1.165, 1.54) is 0 Å². The van der Waals surface area contributed by atoms with E-state index >= 15 is 0 Å². The van der Waals surface area contributed by atoms with Gasteiger partial charge < -0.3 is 9.80 Å². The minimum absolute atomic E-state index is 0.118. The number of hydrogen-bond acceptors (Lipinski definition) is 3. The summed E-state index contributed by atoms with van der Waals surface area (Å²) in [6, 6.07) is 22.9. The average molecular weight is 366 g/mol. The van der Waals surface area contributed by atoms with Gasteiger partial charge in [0, 0.05) is 25.3 Å². The van der Waals surface area contributed by atoms with Crippen molar-refractivity contribution in [3.05, 3.63) is 89.1 Å². The topological polar surface area (TPSA) is 36.4 Å². The first-order valence-corrected chi connectivity index (χ1v) is 8.68. The first-order valence-electron chi connectivity index (χ1n) is 8.30. The maximum absolute atomic E-state index is 13.3. The van der Waals surface area contributed by atoms with Crippen molar-refractivity contribution < 1.29 is 4.79 Å². The molecule has 2 aromatic carbocycles. The summed E-state index contributed by atoms with van der Waals surface area (Å²) in [5.41, 5.74) is 2.40. The Labute approximate surface area is 158 Å². The van der Waals surface area contributed by atoms with E-state index in [4.69, 9.17) is 11.6 Å². The van der Waals surface area contributed by atoms with Crippen molar-refractivity contribution in [3.63, 3.8) is 0 Å². The van der Waals surface area contributed by atoms with Gasteiger partial charge in [-0.1, -0.05) is 60.1 Å². The Balaban J connectivity index is 2.00. The zero-order valence-corrected chi connectivity index (χ0v) is 15.5. The summed E-state index contributed by atoms with van der Waals surface area (Å²) < 4.78 is 0. The summed E-state index contributed by atoms with van der Waals surface area (Å²) in [5.74, 6) is 0.529. The van der Waals surface area contributed by atoms with E-state index in [1.807, 2.05) is 79.7 Å². The molecule has 0 fully saturated rings. The van der Waals surface area contributed by atoms with E-state index in [2.05, 4.69) is 4.98 Å². The van der Waals surface area contributed by atoms with Crippen molar-refractivity contribution >= 4 is 29.0 Å². The van der Waals surface area contributed by atoms with Gasteiger partial charge in [-0.05, 0) is 29.8 Å². The summed E-state index contributed by atoms with van der Waals surface area (Å²) in [6.45, 7) is 0.473. The highest BCUT2D eigenvalue weighted by molar-refractivity contribution is 6.30. The van der Waals surface area contributed by atoms with Crippen molar-refractivity contribution in [3.8, 4) is 0 Å². The van der Waals surface area contributed by atoms with Crippen LogP contribution < -0.4 is 9.80 Å². The monoisotopic (exact) mass is 365 g/mol. The van der Waals surface area contributed by atoms with Crippen LogP contribution in [0.4, 0.5) is 11.5 Å². The van der Waals surface area contributed by atoms with Gasteiger partial charge in [0.1, 0.15) is 11.0 Å². The molecule has 0 N–H and O–H groups in total. The number of rotatable bonds is 5. The van der Waals surface area contributed by atoms with E-state index in [1.54, 1.807) is 17.0 Å². The molecule has 3 aromatic rings. The second-order valence-electron chi connectivity index (χ2n) is 6.14. The van der Waals surface area contributed by atoms with Crippen LogP contribution in [0.5, 0.6) is 0 Å². The van der Waals surface area contributed by atoms with Crippen molar-refractivity contribution in [1.82, 2.24) is 4.98 Å². The van der Waals surface area contributed by atoms with Crippen LogP contribution in [-0.2, 0) is 6.54 Å². The highest BCUT2D eigenvalue weighted by Crippen LogP contribution is 2.23. The van der Waals surface area contributed by atoms with Crippen LogP contribution in [-0.4, -0.2) is 25.0 Å². The maximum atomic E-state index is 13.3. The van der Waals surface area contributed by atoms with Crippen LogP contribution in [0.3, 0.4) is 0 Å². The summed E-state index contributed by atoms with van der Waals surface area (Å²) in [6.07, 6.45) is 0. The van der Waals surface area contributed by atoms with E-state index < -0.39 is 0 Å². The van der Waals surface area contributed by atoms with Crippen LogP contribution in [0.15, 0.2) is 72.8 Å². The molecule has 0 unspecified atom stereocenters. The molecule has 0 spiro atoms. The molecule has 132 valence electrons. The van der Waals surface area contributed by atoms with Crippen LogP contribution in [0, 0.1) is 0 Å². The second-order valence-corrected chi connectivity index (χ2v) is 6.53. The minimum atomic E-state index is -0.118. The molecular formula is C21H20ClN3O. The molecule has 0 aliphatic rings. The summed E-state index contributed by atoms with van der Waals surface area (Å²) in [5, 5.41) is 0.298. The van der Waals surface area contributed by atoms with Gasteiger partial charge in [0.25, 0.3) is 5.91 Å². The van der Waals surface area contributed by atoms with Gasteiger partial charge in [-0.25, -0.2) is 4.98 Å². The number of carbonyl (C=O) groups excluding carboxylic acids is 1. The number of halogens is 1. The fraction of sp³-hybridized carbons (Fsp3) is 0.143. The van der Waals surface area contributed by atoms with Crippen LogP contribution in [0.2, 0.25) is 5.15 Å². The second kappa shape index (κ2) is 8.02. The zero-order valence-electron chi connectivity index (χ0n) is 14.8. The Bertz CT molecular complexity index is 882. The molecule has 0 bridgehead atoms. The normalized spacial score (nSPS) is 10.4. The van der Waals surface area contributed by atoms with Gasteiger partial charge in [-0.15, -0.1) is 0 Å². The van der Waals surface area contributed by atoms with Gasteiger partial charge in [-0.3, -0.25) is 4.79 Å². The zero-order chi connectivity index (χ0) is 18.5. The Morgan fingerprint density at radius 3 is 2.19 bits per heavy atom. The quantitative estimate of drug-likeness (QED) is 0.617. The Kier molecular flexibility index (Phi) is 5.54. The SMILES string of the molecule is CN(C)c1cc(C(=O)N(Cc2ccccc2)c2ccccc2)cc(Cl)n1. The standard InChI is InChI=1S/C21H20ClN3O/c1-24(2)20-14-17(13-19(22)23-20)21(26)25(18-11-7-4-8-12-18)15-16-9-5-3-6-10-16/h3-14H,15H2,1-2H3. The van der Waals surface area contributed by atoms with Crippen molar-refractivity contribution in [1.29, 1.82) is 0 Å². The molecule has 5 heteroatoms. The summed E-state index contributed by atoms with van der Waals surface area (Å²) in [7, 11) is 3.73. The average Bonchev–Trinajstić information content (AvgIpc) is 2.66. The van der Waals surface area contributed by atoms with Gasteiger partial charge in [-0.2, -0.15) is 0 Å². The molecule has 4 nitrogen and oxygen atoms in total. The lowest BCUT2D eigenvalue weighted by molar-refractivity contribution is 0.0985. The molecule has 1 aromatic heterocycles. The number of carbonyl (C=O) groups is 1. The fourth-order valence-electron chi connectivity index (χ4n) is 2.65. The number of anilines is 2. The third-order valence-electron chi connectivity index (χ3n) is 3.98. The van der Waals surface area contributed by atoms with Crippen LogP contribution in [0.25, 0.3) is 0 Å². The molecule has 0 radical (unpaired) electrons. The molecule has 0 aliphatic carbocycles. The molecule has 26 heavy (non-hydrogen) atoms. The van der Waals surface area contributed by atoms with Gasteiger partial charge >= 0.3 is 0 Å². The number of nitrogens with zero attached hydrogens (tertiary/aromatic N) is 3. The first-order chi connectivity index (χ1) is 12.5. The number of pyridine rings is 1. The van der Waals surface area contributed by atoms with Crippen molar-refractivity contribution in [2.24, 2.45) is 0 Å². The Morgan fingerprint density at radius 1 is 0.962 bits per heavy atom. The predicted octanol–water partition coefficient (Wildman–Crippen LogP) is 4.65. The van der Waals surface area contributed by atoms with E-state index in [9.17, 15) is 4.79 Å². The number of hydrogen-bond donors (Lipinski definition) is 0. The van der Waals surface area contributed by atoms with Crippen molar-refractivity contribution in [2.75, 3.05) is 23.9 Å². The smallest absolute Gasteiger partial charge is 0.258 e. The number of para-hydroxylation sites is 1. The number of aromatic nitrogens is 1. The molecule has 0 saturated heterocycles. The first kappa shape index (κ1) is 18.0. The van der Waals surface area contributed by atoms with E-state index in [-0.39, 0.29) is 5.91 Å².